The van der Waals surface area contributed by atoms with Crippen molar-refractivity contribution in [2.45, 2.75) is 18.3 Å². The molecule has 0 saturated carbocycles. The number of thiophene rings is 1. The minimum absolute atomic E-state index is 0.00736. The molecule has 0 spiro atoms. The maximum Gasteiger partial charge on any atom is 0.338 e. The summed E-state index contributed by atoms with van der Waals surface area (Å²) in [6, 6.07) is 11.0. The van der Waals surface area contributed by atoms with Crippen LogP contribution in [0, 0.1) is 11.3 Å². The number of hydrogen-bond donors (Lipinski definition) is 2. The van der Waals surface area contributed by atoms with E-state index in [0.717, 1.165) is 11.3 Å². The molecule has 1 heterocycles. The van der Waals surface area contributed by atoms with Gasteiger partial charge in [-0.3, -0.25) is 4.79 Å². The van der Waals surface area contributed by atoms with E-state index < -0.39 is 11.4 Å². The molecule has 110 valence electrons. The Hall–Kier alpha value is -2.65. The van der Waals surface area contributed by atoms with Crippen LogP contribution in [0.4, 0.5) is 5.00 Å². The van der Waals surface area contributed by atoms with E-state index in [0.29, 0.717) is 22.4 Å². The zero-order chi connectivity index (χ0) is 15.9. The third-order valence-corrected chi connectivity index (χ3v) is 5.11. The van der Waals surface area contributed by atoms with Gasteiger partial charge in [0.1, 0.15) is 10.4 Å². The van der Waals surface area contributed by atoms with Crippen molar-refractivity contribution in [1.82, 2.24) is 0 Å². The highest BCUT2D eigenvalue weighted by Crippen LogP contribution is 2.44. The molecule has 5 nitrogen and oxygen atoms in total. The summed E-state index contributed by atoms with van der Waals surface area (Å²) < 4.78 is 0. The number of aromatic carboxylic acids is 1. The second kappa shape index (κ2) is 4.97. The van der Waals surface area contributed by atoms with E-state index in [-0.39, 0.29) is 22.8 Å². The Morgan fingerprint density at radius 3 is 2.64 bits per heavy atom. The summed E-state index contributed by atoms with van der Waals surface area (Å²) in [5.74, 6) is -1.49. The summed E-state index contributed by atoms with van der Waals surface area (Å²) in [5, 5.41) is 19.0. The largest absolute Gasteiger partial charge is 0.478 e. The second-order valence-electron chi connectivity index (χ2n) is 5.17. The number of nitrogen functional groups attached to an aromatic ring is 1. The number of nitrogens with two attached hydrogens (primary N) is 1. The molecule has 0 unspecified atom stereocenters. The molecule has 0 aliphatic heterocycles. The lowest BCUT2D eigenvalue weighted by Gasteiger charge is -2.29. The van der Waals surface area contributed by atoms with Crippen LogP contribution in [-0.4, -0.2) is 16.9 Å². The van der Waals surface area contributed by atoms with Crippen molar-refractivity contribution in [3.63, 3.8) is 0 Å². The molecular formula is C16H12N2O3S. The number of ketones is 1. The van der Waals surface area contributed by atoms with Crippen LogP contribution in [0.25, 0.3) is 0 Å². The molecule has 1 aliphatic carbocycles. The molecule has 22 heavy (non-hydrogen) atoms. The van der Waals surface area contributed by atoms with Gasteiger partial charge in [-0.1, -0.05) is 30.3 Å². The van der Waals surface area contributed by atoms with E-state index >= 15 is 0 Å². The Balaban J connectivity index is 2.18. The van der Waals surface area contributed by atoms with E-state index in [1.54, 1.807) is 24.3 Å². The van der Waals surface area contributed by atoms with Gasteiger partial charge in [0, 0.05) is 0 Å². The summed E-state index contributed by atoms with van der Waals surface area (Å²) in [6.45, 7) is 0. The van der Waals surface area contributed by atoms with Gasteiger partial charge in [-0.05, 0) is 24.0 Å². The number of carboxylic acids is 1. The maximum absolute atomic E-state index is 12.9. The van der Waals surface area contributed by atoms with Crippen LogP contribution in [0.3, 0.4) is 0 Å². The van der Waals surface area contributed by atoms with Crippen LogP contribution >= 0.6 is 11.3 Å². The number of fused-ring (bicyclic) bond motifs is 1. The van der Waals surface area contributed by atoms with Gasteiger partial charge < -0.3 is 10.8 Å². The van der Waals surface area contributed by atoms with Gasteiger partial charge in [-0.25, -0.2) is 4.79 Å². The standard InChI is InChI=1S/C16H12N2O3S/c17-8-16(9-4-2-1-3-5-9)7-6-10-11(15(20)21)14(18)22-12(10)13(16)19/h1-5H,6-7,18H2,(H,20,21)/t16-/m0/s1. The Morgan fingerprint density at radius 1 is 1.36 bits per heavy atom. The number of benzene rings is 1. The van der Waals surface area contributed by atoms with Crippen molar-refractivity contribution < 1.29 is 14.7 Å². The van der Waals surface area contributed by atoms with Gasteiger partial charge >= 0.3 is 5.97 Å². The molecule has 1 atom stereocenters. The Morgan fingerprint density at radius 2 is 2.05 bits per heavy atom. The first kappa shape index (κ1) is 14.3. The first-order chi connectivity index (χ1) is 10.5. The van der Waals surface area contributed by atoms with E-state index in [1.165, 1.54) is 0 Å². The first-order valence-electron chi connectivity index (χ1n) is 6.67. The molecule has 6 heteroatoms. The number of anilines is 1. The summed E-state index contributed by atoms with van der Waals surface area (Å²) in [6.07, 6.45) is 0.606. The van der Waals surface area contributed by atoms with Gasteiger partial charge in [0.2, 0.25) is 0 Å². The molecule has 0 fully saturated rings. The first-order valence-corrected chi connectivity index (χ1v) is 7.49. The van der Waals surface area contributed by atoms with Gasteiger partial charge in [0.05, 0.1) is 16.5 Å². The molecule has 3 rings (SSSR count). The number of nitriles is 1. The van der Waals surface area contributed by atoms with Crippen molar-refractivity contribution in [1.29, 1.82) is 5.26 Å². The van der Waals surface area contributed by atoms with Crippen molar-refractivity contribution >= 4 is 28.1 Å². The molecule has 2 aromatic rings. The normalized spacial score (nSPS) is 20.2. The molecule has 0 amide bonds. The van der Waals surface area contributed by atoms with Crippen molar-refractivity contribution in [3.05, 3.63) is 51.9 Å². The van der Waals surface area contributed by atoms with Crippen LogP contribution in [-0.2, 0) is 11.8 Å². The predicted molar refractivity (Wildman–Crippen MR) is 82.1 cm³/mol. The van der Waals surface area contributed by atoms with Crippen molar-refractivity contribution in [2.75, 3.05) is 5.73 Å². The van der Waals surface area contributed by atoms with Gasteiger partial charge in [-0.2, -0.15) is 5.26 Å². The molecule has 0 saturated heterocycles. The molecule has 1 aliphatic rings. The zero-order valence-corrected chi connectivity index (χ0v) is 12.3. The summed E-state index contributed by atoms with van der Waals surface area (Å²) in [5.41, 5.74) is 5.60. The topological polar surface area (TPSA) is 104 Å². The Kier molecular flexibility index (Phi) is 3.23. The fourth-order valence-electron chi connectivity index (χ4n) is 2.93. The maximum atomic E-state index is 12.9. The lowest BCUT2D eigenvalue weighted by atomic mass is 9.69. The van der Waals surface area contributed by atoms with Crippen molar-refractivity contribution in [2.24, 2.45) is 0 Å². The minimum atomic E-state index is -1.26. The molecule has 0 radical (unpaired) electrons. The van der Waals surface area contributed by atoms with Crippen LogP contribution in [0.2, 0.25) is 0 Å². The quantitative estimate of drug-likeness (QED) is 0.887. The second-order valence-corrected chi connectivity index (χ2v) is 6.22. The molecule has 0 bridgehead atoms. The fraction of sp³-hybridized carbons (Fsp3) is 0.188. The lowest BCUT2D eigenvalue weighted by Crippen LogP contribution is -2.38. The minimum Gasteiger partial charge on any atom is -0.478 e. The summed E-state index contributed by atoms with van der Waals surface area (Å²) in [4.78, 5) is 24.5. The average molecular weight is 312 g/mol. The summed E-state index contributed by atoms with van der Waals surface area (Å²) >= 11 is 0.962. The van der Waals surface area contributed by atoms with Gasteiger partial charge in [0.15, 0.2) is 5.78 Å². The number of carboxylic acid groups (broad SMARTS) is 1. The van der Waals surface area contributed by atoms with E-state index in [9.17, 15) is 20.0 Å². The van der Waals surface area contributed by atoms with Gasteiger partial charge in [-0.15, -0.1) is 11.3 Å². The average Bonchev–Trinajstić information content (AvgIpc) is 2.86. The fourth-order valence-corrected chi connectivity index (χ4v) is 4.06. The molecular weight excluding hydrogens is 300 g/mol. The smallest absolute Gasteiger partial charge is 0.338 e. The van der Waals surface area contributed by atoms with E-state index in [4.69, 9.17) is 5.73 Å². The highest BCUT2D eigenvalue weighted by molar-refractivity contribution is 7.18. The molecule has 1 aromatic heterocycles. The van der Waals surface area contributed by atoms with Crippen LogP contribution < -0.4 is 5.73 Å². The number of hydrogen-bond acceptors (Lipinski definition) is 5. The van der Waals surface area contributed by atoms with Crippen LogP contribution in [0.15, 0.2) is 30.3 Å². The van der Waals surface area contributed by atoms with Crippen LogP contribution in [0.5, 0.6) is 0 Å². The number of Topliss-reactive ketones (excluding diaryl/α,β-unsaturated/α-hetero) is 1. The number of nitrogens with zero attached hydrogens (tertiary/aromatic N) is 1. The van der Waals surface area contributed by atoms with Crippen molar-refractivity contribution in [3.8, 4) is 6.07 Å². The van der Waals surface area contributed by atoms with Gasteiger partial charge in [0.25, 0.3) is 0 Å². The lowest BCUT2D eigenvalue weighted by molar-refractivity contribution is 0.0697. The number of carbonyl (C=O) groups excluding carboxylic acids is 1. The van der Waals surface area contributed by atoms with Crippen LogP contribution in [0.1, 0.15) is 37.6 Å². The van der Waals surface area contributed by atoms with E-state index in [2.05, 4.69) is 6.07 Å². The highest BCUT2D eigenvalue weighted by Gasteiger charge is 2.47. The highest BCUT2D eigenvalue weighted by atomic mass is 32.1. The zero-order valence-electron chi connectivity index (χ0n) is 11.5. The number of carbonyl (C=O) groups is 2. The Labute approximate surface area is 130 Å². The summed E-state index contributed by atoms with van der Waals surface area (Å²) in [7, 11) is 0. The third-order valence-electron chi connectivity index (χ3n) is 4.05. The monoisotopic (exact) mass is 312 g/mol. The molecule has 3 N–H and O–H groups in total. The SMILES string of the molecule is N#C[C@]1(c2ccccc2)CCc2c(sc(N)c2C(=O)O)C1=O. The third kappa shape index (κ3) is 1.83. The Bertz CT molecular complexity index is 820. The molecule has 1 aromatic carbocycles. The number of rotatable bonds is 2. The van der Waals surface area contributed by atoms with E-state index in [1.807, 2.05) is 6.07 Å². The predicted octanol–water partition coefficient (Wildman–Crippen LogP) is 2.62.